The highest BCUT2D eigenvalue weighted by Gasteiger charge is 2.21. The molecule has 1 rings (SSSR count). The van der Waals surface area contributed by atoms with E-state index in [2.05, 4.69) is 0 Å². The first kappa shape index (κ1) is 9.48. The largest absolute Gasteiger partial charge is 0.387 e. The van der Waals surface area contributed by atoms with Crippen LogP contribution >= 0.6 is 0 Å². The van der Waals surface area contributed by atoms with E-state index in [1.807, 2.05) is 0 Å². The van der Waals surface area contributed by atoms with Crippen molar-refractivity contribution in [1.82, 2.24) is 4.90 Å². The summed E-state index contributed by atoms with van der Waals surface area (Å²) in [5.41, 5.74) is 0. The van der Waals surface area contributed by atoms with Crippen LogP contribution in [0.15, 0.2) is 0 Å². The van der Waals surface area contributed by atoms with Gasteiger partial charge in [-0.15, -0.1) is 0 Å². The molecule has 0 unspecified atom stereocenters. The molecular weight excluding hydrogens is 158 g/mol. The maximum absolute atomic E-state index is 11.0. The Morgan fingerprint density at radius 2 is 2.17 bits per heavy atom. The first-order valence-corrected chi connectivity index (χ1v) is 4.19. The van der Waals surface area contributed by atoms with Crippen LogP contribution in [0.4, 0.5) is 0 Å². The van der Waals surface area contributed by atoms with Crippen molar-refractivity contribution in [2.24, 2.45) is 0 Å². The zero-order chi connectivity index (χ0) is 8.97. The molecule has 4 nitrogen and oxygen atoms in total. The number of amides is 1. The van der Waals surface area contributed by atoms with E-state index in [1.54, 1.807) is 12.0 Å². The van der Waals surface area contributed by atoms with Gasteiger partial charge in [0.2, 0.25) is 5.91 Å². The van der Waals surface area contributed by atoms with Gasteiger partial charge in [-0.25, -0.2) is 0 Å². The molecule has 70 valence electrons. The van der Waals surface area contributed by atoms with Crippen LogP contribution in [-0.2, 0) is 9.53 Å². The molecule has 0 bridgehead atoms. The summed E-state index contributed by atoms with van der Waals surface area (Å²) in [6, 6.07) is 0. The Kier molecular flexibility index (Phi) is 3.49. The van der Waals surface area contributed by atoms with Crippen molar-refractivity contribution >= 4 is 5.91 Å². The predicted octanol–water partition coefficient (Wildman–Crippen LogP) is -0.384. The summed E-state index contributed by atoms with van der Waals surface area (Å²) < 4.78 is 5.15. The number of carbonyl (C=O) groups excluding carboxylic acids is 1. The second-order valence-corrected chi connectivity index (χ2v) is 2.97. The van der Waals surface area contributed by atoms with Crippen LogP contribution in [0.2, 0.25) is 0 Å². The molecule has 0 atom stereocenters. The Bertz CT molecular complexity index is 152. The standard InChI is InChI=1S/C8H15NO3/c1-12-7-2-4-9(5-3-7)8(11)6-10/h7,10H,2-6H2,1H3. The molecule has 1 aliphatic heterocycles. The topological polar surface area (TPSA) is 49.8 Å². The van der Waals surface area contributed by atoms with E-state index < -0.39 is 0 Å². The number of piperidine rings is 1. The molecule has 1 fully saturated rings. The minimum Gasteiger partial charge on any atom is -0.387 e. The van der Waals surface area contributed by atoms with Crippen molar-refractivity contribution in [2.75, 3.05) is 26.8 Å². The van der Waals surface area contributed by atoms with Gasteiger partial charge in [-0.3, -0.25) is 4.79 Å². The summed E-state index contributed by atoms with van der Waals surface area (Å²) in [5.74, 6) is -0.176. The number of aliphatic hydroxyl groups excluding tert-OH is 1. The van der Waals surface area contributed by atoms with E-state index in [4.69, 9.17) is 9.84 Å². The van der Waals surface area contributed by atoms with Crippen LogP contribution in [0.1, 0.15) is 12.8 Å². The van der Waals surface area contributed by atoms with Crippen LogP contribution in [-0.4, -0.2) is 48.8 Å². The Labute approximate surface area is 72.1 Å². The van der Waals surface area contributed by atoms with Gasteiger partial charge < -0.3 is 14.7 Å². The first-order chi connectivity index (χ1) is 5.77. The van der Waals surface area contributed by atoms with Gasteiger partial charge in [-0.05, 0) is 12.8 Å². The van der Waals surface area contributed by atoms with Crippen molar-refractivity contribution in [3.63, 3.8) is 0 Å². The number of aliphatic hydroxyl groups is 1. The highest BCUT2D eigenvalue weighted by Crippen LogP contribution is 2.12. The molecule has 1 heterocycles. The van der Waals surface area contributed by atoms with Crippen LogP contribution in [0.3, 0.4) is 0 Å². The summed E-state index contributed by atoms with van der Waals surface area (Å²) >= 11 is 0. The lowest BCUT2D eigenvalue weighted by Gasteiger charge is -2.30. The van der Waals surface area contributed by atoms with E-state index in [-0.39, 0.29) is 18.6 Å². The summed E-state index contributed by atoms with van der Waals surface area (Å²) in [5, 5.41) is 8.59. The fraction of sp³-hybridized carbons (Fsp3) is 0.875. The van der Waals surface area contributed by atoms with Gasteiger partial charge in [0.05, 0.1) is 6.10 Å². The lowest BCUT2D eigenvalue weighted by Crippen LogP contribution is -2.41. The zero-order valence-electron chi connectivity index (χ0n) is 7.32. The minimum atomic E-state index is -0.377. The molecule has 4 heteroatoms. The van der Waals surface area contributed by atoms with Gasteiger partial charge in [-0.2, -0.15) is 0 Å². The number of hydrogen-bond acceptors (Lipinski definition) is 3. The minimum absolute atomic E-state index is 0.176. The normalized spacial score (nSPS) is 19.7. The Balaban J connectivity index is 2.30. The van der Waals surface area contributed by atoms with Crippen molar-refractivity contribution in [1.29, 1.82) is 0 Å². The molecule has 0 spiro atoms. The van der Waals surface area contributed by atoms with E-state index in [1.165, 1.54) is 0 Å². The first-order valence-electron chi connectivity index (χ1n) is 4.19. The van der Waals surface area contributed by atoms with Crippen molar-refractivity contribution in [3.8, 4) is 0 Å². The lowest BCUT2D eigenvalue weighted by molar-refractivity contribution is -0.136. The Hall–Kier alpha value is -0.610. The maximum atomic E-state index is 11.0. The fourth-order valence-corrected chi connectivity index (χ4v) is 1.44. The van der Waals surface area contributed by atoms with Crippen LogP contribution in [0.5, 0.6) is 0 Å². The number of nitrogens with zero attached hydrogens (tertiary/aromatic N) is 1. The molecule has 0 radical (unpaired) electrons. The third kappa shape index (κ3) is 2.19. The van der Waals surface area contributed by atoms with E-state index in [9.17, 15) is 4.79 Å². The van der Waals surface area contributed by atoms with Crippen LogP contribution in [0.25, 0.3) is 0 Å². The highest BCUT2D eigenvalue weighted by atomic mass is 16.5. The molecular formula is C8H15NO3. The molecule has 0 aromatic carbocycles. The van der Waals surface area contributed by atoms with Gasteiger partial charge in [0.15, 0.2) is 0 Å². The highest BCUT2D eigenvalue weighted by molar-refractivity contribution is 5.77. The van der Waals surface area contributed by atoms with Gasteiger partial charge in [0, 0.05) is 20.2 Å². The summed E-state index contributed by atoms with van der Waals surface area (Å²) in [6.45, 7) is 1.04. The number of hydrogen-bond donors (Lipinski definition) is 1. The molecule has 0 aromatic rings. The average Bonchev–Trinajstić information content (AvgIpc) is 2.17. The van der Waals surface area contributed by atoms with E-state index >= 15 is 0 Å². The SMILES string of the molecule is COC1CCN(C(=O)CO)CC1. The summed E-state index contributed by atoms with van der Waals surface area (Å²) in [7, 11) is 1.69. The van der Waals surface area contributed by atoms with Gasteiger partial charge in [-0.1, -0.05) is 0 Å². The average molecular weight is 173 g/mol. The molecule has 0 aromatic heterocycles. The number of carbonyl (C=O) groups is 1. The van der Waals surface area contributed by atoms with Crippen LogP contribution in [0, 0.1) is 0 Å². The van der Waals surface area contributed by atoms with Gasteiger partial charge in [0.1, 0.15) is 6.61 Å². The molecule has 1 saturated heterocycles. The quantitative estimate of drug-likeness (QED) is 0.619. The zero-order valence-corrected chi connectivity index (χ0v) is 7.32. The van der Waals surface area contributed by atoms with E-state index in [0.29, 0.717) is 13.1 Å². The maximum Gasteiger partial charge on any atom is 0.248 e. The number of rotatable bonds is 2. The van der Waals surface area contributed by atoms with Crippen molar-refractivity contribution in [3.05, 3.63) is 0 Å². The number of ether oxygens (including phenoxy) is 1. The fourth-order valence-electron chi connectivity index (χ4n) is 1.44. The monoisotopic (exact) mass is 173 g/mol. The Morgan fingerprint density at radius 3 is 2.58 bits per heavy atom. The van der Waals surface area contributed by atoms with E-state index in [0.717, 1.165) is 12.8 Å². The van der Waals surface area contributed by atoms with Crippen molar-refractivity contribution in [2.45, 2.75) is 18.9 Å². The van der Waals surface area contributed by atoms with Crippen molar-refractivity contribution < 1.29 is 14.6 Å². The summed E-state index contributed by atoms with van der Waals surface area (Å²) in [6.07, 6.45) is 2.04. The molecule has 1 amide bonds. The van der Waals surface area contributed by atoms with Gasteiger partial charge in [0.25, 0.3) is 0 Å². The molecule has 0 saturated carbocycles. The number of methoxy groups -OCH3 is 1. The lowest BCUT2D eigenvalue weighted by atomic mass is 10.1. The summed E-state index contributed by atoms with van der Waals surface area (Å²) in [4.78, 5) is 12.7. The molecule has 12 heavy (non-hydrogen) atoms. The van der Waals surface area contributed by atoms with Crippen LogP contribution < -0.4 is 0 Å². The molecule has 1 N–H and O–H groups in total. The second kappa shape index (κ2) is 4.42. The van der Waals surface area contributed by atoms with Gasteiger partial charge >= 0.3 is 0 Å². The smallest absolute Gasteiger partial charge is 0.248 e. The Morgan fingerprint density at radius 1 is 1.58 bits per heavy atom. The third-order valence-corrected chi connectivity index (χ3v) is 2.26. The predicted molar refractivity (Wildman–Crippen MR) is 43.7 cm³/mol. The second-order valence-electron chi connectivity index (χ2n) is 2.97. The third-order valence-electron chi connectivity index (χ3n) is 2.26. The molecule has 1 aliphatic rings. The molecule has 0 aliphatic carbocycles. The number of likely N-dealkylation sites (tertiary alicyclic amines) is 1.